The van der Waals surface area contributed by atoms with Gasteiger partial charge in [-0.1, -0.05) is 42.5 Å². The largest absolute Gasteiger partial charge is 0.366 e. The highest BCUT2D eigenvalue weighted by molar-refractivity contribution is 5.89. The van der Waals surface area contributed by atoms with Gasteiger partial charge in [0.05, 0.1) is 16.7 Å². The van der Waals surface area contributed by atoms with Crippen LogP contribution in [0.1, 0.15) is 5.56 Å². The van der Waals surface area contributed by atoms with E-state index in [0.29, 0.717) is 17.2 Å². The Morgan fingerprint density at radius 2 is 1.83 bits per heavy atom. The van der Waals surface area contributed by atoms with E-state index in [4.69, 9.17) is 4.52 Å². The first-order chi connectivity index (χ1) is 11.3. The molecular weight excluding hydrogens is 292 g/mol. The normalized spacial score (nSPS) is 11.5. The number of rotatable bonds is 3. The Morgan fingerprint density at radius 3 is 2.65 bits per heavy atom. The number of aromatic amines is 2. The van der Waals surface area contributed by atoms with Gasteiger partial charge >= 0.3 is 5.63 Å². The van der Waals surface area contributed by atoms with Crippen LogP contribution in [0.4, 0.5) is 5.95 Å². The van der Waals surface area contributed by atoms with E-state index < -0.39 is 5.63 Å². The van der Waals surface area contributed by atoms with Gasteiger partial charge in [0, 0.05) is 11.8 Å². The molecule has 2 aromatic heterocycles. The van der Waals surface area contributed by atoms with Crippen molar-refractivity contribution in [2.24, 2.45) is 4.99 Å². The van der Waals surface area contributed by atoms with Crippen LogP contribution in [-0.2, 0) is 0 Å². The van der Waals surface area contributed by atoms with Crippen molar-refractivity contribution >= 4 is 23.2 Å². The van der Waals surface area contributed by atoms with Crippen molar-refractivity contribution in [1.29, 1.82) is 0 Å². The van der Waals surface area contributed by atoms with E-state index in [2.05, 4.69) is 20.1 Å². The summed E-state index contributed by atoms with van der Waals surface area (Å²) in [6.07, 6.45) is 1.46. The van der Waals surface area contributed by atoms with Gasteiger partial charge in [-0.2, -0.15) is 0 Å². The Kier molecular flexibility index (Phi) is 3.12. The van der Waals surface area contributed by atoms with Crippen LogP contribution in [0.25, 0.3) is 22.3 Å². The van der Waals surface area contributed by atoms with Crippen molar-refractivity contribution in [2.45, 2.75) is 0 Å². The lowest BCUT2D eigenvalue weighted by molar-refractivity contribution is 0.393. The minimum atomic E-state index is -0.469. The molecule has 23 heavy (non-hydrogen) atoms. The highest BCUT2D eigenvalue weighted by Gasteiger charge is 2.12. The molecule has 0 amide bonds. The molecule has 0 bridgehead atoms. The summed E-state index contributed by atoms with van der Waals surface area (Å²) in [6, 6.07) is 17.1. The van der Waals surface area contributed by atoms with E-state index in [1.807, 2.05) is 54.6 Å². The molecule has 4 rings (SSSR count). The van der Waals surface area contributed by atoms with Crippen LogP contribution in [0, 0.1) is 0 Å². The van der Waals surface area contributed by atoms with Gasteiger partial charge in [-0.25, -0.2) is 19.9 Å². The topological polar surface area (TPSA) is 87.0 Å². The summed E-state index contributed by atoms with van der Waals surface area (Å²) < 4.78 is 4.89. The molecule has 2 N–H and O–H groups in total. The molecule has 0 unspecified atom stereocenters. The van der Waals surface area contributed by atoms with Crippen LogP contribution in [-0.4, -0.2) is 21.3 Å². The second kappa shape index (κ2) is 5.42. The van der Waals surface area contributed by atoms with Crippen molar-refractivity contribution in [3.05, 3.63) is 70.6 Å². The number of nitrogens with one attached hydrogen (secondary N) is 2. The lowest BCUT2D eigenvalue weighted by Gasteiger charge is -1.96. The summed E-state index contributed by atoms with van der Waals surface area (Å²) in [5.41, 5.74) is 3.05. The molecule has 0 fully saturated rings. The van der Waals surface area contributed by atoms with Crippen molar-refractivity contribution in [1.82, 2.24) is 15.1 Å². The monoisotopic (exact) mass is 304 g/mol. The maximum atomic E-state index is 11.9. The van der Waals surface area contributed by atoms with E-state index in [1.165, 1.54) is 6.21 Å². The lowest BCUT2D eigenvalue weighted by Crippen LogP contribution is -2.01. The third kappa shape index (κ3) is 2.46. The van der Waals surface area contributed by atoms with Gasteiger partial charge in [0.2, 0.25) is 5.95 Å². The fraction of sp³-hybridized carbons (Fsp3) is 0. The highest BCUT2D eigenvalue weighted by Crippen LogP contribution is 2.19. The van der Waals surface area contributed by atoms with Crippen LogP contribution < -0.4 is 5.63 Å². The quantitative estimate of drug-likeness (QED) is 0.569. The molecule has 4 aromatic rings. The Morgan fingerprint density at radius 1 is 1.04 bits per heavy atom. The van der Waals surface area contributed by atoms with Crippen molar-refractivity contribution in [2.75, 3.05) is 0 Å². The second-order valence-electron chi connectivity index (χ2n) is 4.98. The molecule has 2 aromatic carbocycles. The second-order valence-corrected chi connectivity index (χ2v) is 4.98. The van der Waals surface area contributed by atoms with Gasteiger partial charge < -0.3 is 9.51 Å². The maximum absolute atomic E-state index is 11.9. The number of imidazole rings is 1. The molecule has 6 heteroatoms. The Hall–Kier alpha value is -3.41. The van der Waals surface area contributed by atoms with Gasteiger partial charge in [0.1, 0.15) is 5.56 Å². The first-order valence-corrected chi connectivity index (χ1v) is 7.07. The van der Waals surface area contributed by atoms with E-state index in [0.717, 1.165) is 16.6 Å². The fourth-order valence-electron chi connectivity index (χ4n) is 2.37. The average molecular weight is 304 g/mol. The number of aromatic nitrogens is 3. The molecule has 0 saturated heterocycles. The predicted octanol–water partition coefficient (Wildman–Crippen LogP) is 3.26. The van der Waals surface area contributed by atoms with E-state index in [-0.39, 0.29) is 0 Å². The summed E-state index contributed by atoms with van der Waals surface area (Å²) in [6.45, 7) is 0. The number of H-pyrrole nitrogens is 2. The zero-order valence-corrected chi connectivity index (χ0v) is 12.0. The minimum absolute atomic E-state index is 0.358. The van der Waals surface area contributed by atoms with Crippen molar-refractivity contribution in [3.63, 3.8) is 0 Å². The maximum Gasteiger partial charge on any atom is 0.366 e. The minimum Gasteiger partial charge on any atom is -0.338 e. The zero-order valence-electron chi connectivity index (χ0n) is 12.0. The molecule has 0 radical (unpaired) electrons. The molecule has 2 heterocycles. The molecule has 0 aliphatic rings. The summed E-state index contributed by atoms with van der Waals surface area (Å²) in [5, 5.41) is 2.64. The average Bonchev–Trinajstić information content (AvgIpc) is 3.16. The smallest absolute Gasteiger partial charge is 0.338 e. The molecule has 0 saturated carbocycles. The van der Waals surface area contributed by atoms with E-state index in [9.17, 15) is 4.79 Å². The third-order valence-corrected chi connectivity index (χ3v) is 3.49. The van der Waals surface area contributed by atoms with E-state index >= 15 is 0 Å². The summed E-state index contributed by atoms with van der Waals surface area (Å²) in [5.74, 6) is 0.436. The Labute approximate surface area is 130 Å². The number of hydrogen-bond donors (Lipinski definition) is 2. The number of benzene rings is 2. The standard InChI is InChI=1S/C17H12N4O2/c22-16-12(15(21-23-16)11-6-2-1-3-7-11)10-18-17-19-13-8-4-5-9-14(13)20-17/h1-10,21H,(H,19,20)/b18-10+. The SMILES string of the molecule is O=c1o[nH]c(-c2ccccc2)c1/C=N/c1nc2ccccc2[nH]1. The number of fused-ring (bicyclic) bond motifs is 1. The summed E-state index contributed by atoms with van der Waals surface area (Å²) in [4.78, 5) is 23.6. The van der Waals surface area contributed by atoms with Crippen LogP contribution >= 0.6 is 0 Å². The van der Waals surface area contributed by atoms with Crippen LogP contribution in [0.5, 0.6) is 0 Å². The van der Waals surface area contributed by atoms with Gasteiger partial charge in [0.25, 0.3) is 0 Å². The Balaban J connectivity index is 1.74. The molecule has 0 aliphatic carbocycles. The van der Waals surface area contributed by atoms with Crippen LogP contribution in [0.15, 0.2) is 68.9 Å². The van der Waals surface area contributed by atoms with Gasteiger partial charge in [0.15, 0.2) is 0 Å². The van der Waals surface area contributed by atoms with Crippen LogP contribution in [0.2, 0.25) is 0 Å². The number of aliphatic imine (C=N–C) groups is 1. The van der Waals surface area contributed by atoms with Gasteiger partial charge in [-0.05, 0) is 12.1 Å². The summed E-state index contributed by atoms with van der Waals surface area (Å²) >= 11 is 0. The highest BCUT2D eigenvalue weighted by atomic mass is 16.5. The van der Waals surface area contributed by atoms with Gasteiger partial charge in [-0.3, -0.25) is 0 Å². The fourth-order valence-corrected chi connectivity index (χ4v) is 2.37. The molecule has 112 valence electrons. The molecule has 0 spiro atoms. The number of hydrogen-bond acceptors (Lipinski definition) is 4. The van der Waals surface area contributed by atoms with Crippen molar-refractivity contribution < 1.29 is 4.52 Å². The molecular formula is C17H12N4O2. The third-order valence-electron chi connectivity index (χ3n) is 3.49. The molecule has 0 aliphatic heterocycles. The molecule has 6 nitrogen and oxygen atoms in total. The summed E-state index contributed by atoms with van der Waals surface area (Å²) in [7, 11) is 0. The van der Waals surface area contributed by atoms with E-state index in [1.54, 1.807) is 0 Å². The lowest BCUT2D eigenvalue weighted by atomic mass is 10.1. The number of nitrogens with zero attached hydrogens (tertiary/aromatic N) is 2. The number of para-hydroxylation sites is 2. The first-order valence-electron chi connectivity index (χ1n) is 7.07. The van der Waals surface area contributed by atoms with Crippen LogP contribution in [0.3, 0.4) is 0 Å². The first kappa shape index (κ1) is 13.3. The predicted molar refractivity (Wildman–Crippen MR) is 88.1 cm³/mol. The zero-order chi connectivity index (χ0) is 15.6. The van der Waals surface area contributed by atoms with Gasteiger partial charge in [-0.15, -0.1) is 0 Å². The molecule has 0 atom stereocenters. The van der Waals surface area contributed by atoms with Crippen molar-refractivity contribution in [3.8, 4) is 11.3 Å². The Bertz CT molecular complexity index is 1010.